The third-order valence-electron chi connectivity index (χ3n) is 3.47. The van der Waals surface area contributed by atoms with Gasteiger partial charge in [-0.25, -0.2) is 0 Å². The van der Waals surface area contributed by atoms with Gasteiger partial charge in [-0.2, -0.15) is 0 Å². The van der Waals surface area contributed by atoms with Crippen molar-refractivity contribution in [1.29, 1.82) is 0 Å². The van der Waals surface area contributed by atoms with Gasteiger partial charge in [0.2, 0.25) is 0 Å². The molecule has 23 heavy (non-hydrogen) atoms. The Morgan fingerprint density at radius 2 is 1.91 bits per heavy atom. The quantitative estimate of drug-likeness (QED) is 0.301. The van der Waals surface area contributed by atoms with Gasteiger partial charge in [0, 0.05) is 0 Å². The first kappa shape index (κ1) is 21.1. The van der Waals surface area contributed by atoms with Gasteiger partial charge >= 0.3 is 5.97 Å². The highest BCUT2D eigenvalue weighted by atomic mass is 16.5. The molecule has 0 radical (unpaired) electrons. The minimum absolute atomic E-state index is 0.268. The third kappa shape index (κ3) is 8.99. The minimum atomic E-state index is -1.06. The fourth-order valence-corrected chi connectivity index (χ4v) is 1.69. The van der Waals surface area contributed by atoms with Crippen LogP contribution in [0.1, 0.15) is 48.0 Å². The van der Waals surface area contributed by atoms with E-state index in [0.29, 0.717) is 12.2 Å². The second-order valence-electron chi connectivity index (χ2n) is 6.09. The Morgan fingerprint density at radius 3 is 2.39 bits per heavy atom. The molecule has 0 rings (SSSR count). The molecule has 0 spiro atoms. The van der Waals surface area contributed by atoms with Crippen LogP contribution in [0.5, 0.6) is 0 Å². The van der Waals surface area contributed by atoms with Crippen molar-refractivity contribution in [2.75, 3.05) is 0 Å². The zero-order valence-electron chi connectivity index (χ0n) is 15.2. The van der Waals surface area contributed by atoms with Gasteiger partial charge in [-0.3, -0.25) is 4.79 Å². The van der Waals surface area contributed by atoms with Crippen LogP contribution < -0.4 is 0 Å². The number of aliphatic hydroxyl groups is 1. The Morgan fingerprint density at radius 1 is 1.30 bits per heavy atom. The summed E-state index contributed by atoms with van der Waals surface area (Å²) in [5.41, 5.74) is 0.977. The summed E-state index contributed by atoms with van der Waals surface area (Å²) in [5, 5.41) is 9.87. The molecule has 0 aromatic heterocycles. The van der Waals surface area contributed by atoms with Gasteiger partial charge in [0.25, 0.3) is 0 Å². The van der Waals surface area contributed by atoms with Gasteiger partial charge < -0.3 is 9.84 Å². The van der Waals surface area contributed by atoms with Crippen LogP contribution in [0, 0.1) is 5.92 Å². The molecule has 0 fully saturated rings. The first-order chi connectivity index (χ1) is 10.6. The molecular formula is C20H30O3. The number of ether oxygens (including phenoxy) is 1. The van der Waals surface area contributed by atoms with Gasteiger partial charge in [0.05, 0.1) is 11.5 Å². The molecule has 0 aliphatic carbocycles. The Balaban J connectivity index is 5.29. The fourth-order valence-electron chi connectivity index (χ4n) is 1.69. The number of carbonyl (C=O) groups excluding carboxylic acids is 1. The Bertz CT molecular complexity index is 527. The maximum atomic E-state index is 12.4. The van der Waals surface area contributed by atoms with Crippen molar-refractivity contribution >= 4 is 5.97 Å². The van der Waals surface area contributed by atoms with E-state index in [0.717, 1.165) is 11.1 Å². The van der Waals surface area contributed by atoms with E-state index in [1.54, 1.807) is 32.1 Å². The van der Waals surface area contributed by atoms with E-state index >= 15 is 0 Å². The van der Waals surface area contributed by atoms with E-state index in [1.165, 1.54) is 6.08 Å². The first-order valence-electron chi connectivity index (χ1n) is 7.83. The van der Waals surface area contributed by atoms with E-state index in [-0.39, 0.29) is 11.9 Å². The maximum Gasteiger partial charge on any atom is 0.318 e. The highest BCUT2D eigenvalue weighted by molar-refractivity contribution is 5.77. The maximum absolute atomic E-state index is 12.4. The molecule has 3 heteroatoms. The normalized spacial score (nSPS) is 16.7. The molecule has 0 aromatic carbocycles. The SMILES string of the molecule is C=C[C@](C)(O)/C=C/C=C(\C)[C@H](CC=C(C)C)C(=O)O/C(C)=C\C. The zero-order valence-corrected chi connectivity index (χ0v) is 15.2. The second kappa shape index (κ2) is 10.0. The summed E-state index contributed by atoms with van der Waals surface area (Å²) in [6.07, 6.45) is 11.0. The molecule has 0 amide bonds. The van der Waals surface area contributed by atoms with Crippen molar-refractivity contribution in [2.45, 2.75) is 53.6 Å². The number of allylic oxidation sites excluding steroid dienone is 6. The number of rotatable bonds is 8. The highest BCUT2D eigenvalue weighted by Crippen LogP contribution is 2.20. The largest absolute Gasteiger partial charge is 0.431 e. The monoisotopic (exact) mass is 318 g/mol. The van der Waals surface area contributed by atoms with Gasteiger partial charge in [-0.15, -0.1) is 0 Å². The topological polar surface area (TPSA) is 46.5 Å². The smallest absolute Gasteiger partial charge is 0.318 e. The summed E-state index contributed by atoms with van der Waals surface area (Å²) in [4.78, 5) is 12.4. The molecule has 1 N–H and O–H groups in total. The lowest BCUT2D eigenvalue weighted by molar-refractivity contribution is -0.142. The van der Waals surface area contributed by atoms with Crippen molar-refractivity contribution in [3.63, 3.8) is 0 Å². The Kier molecular flexibility index (Phi) is 9.19. The number of hydrogen-bond acceptors (Lipinski definition) is 3. The minimum Gasteiger partial charge on any atom is -0.431 e. The highest BCUT2D eigenvalue weighted by Gasteiger charge is 2.21. The molecule has 0 aromatic rings. The molecule has 0 bridgehead atoms. The van der Waals surface area contributed by atoms with E-state index < -0.39 is 5.60 Å². The summed E-state index contributed by atoms with van der Waals surface area (Å²) in [6, 6.07) is 0. The van der Waals surface area contributed by atoms with Crippen LogP contribution >= 0.6 is 0 Å². The molecule has 2 atom stereocenters. The Hall–Kier alpha value is -1.87. The molecule has 0 saturated heterocycles. The van der Waals surface area contributed by atoms with Gasteiger partial charge in [0.15, 0.2) is 0 Å². The van der Waals surface area contributed by atoms with E-state index in [4.69, 9.17) is 4.74 Å². The van der Waals surface area contributed by atoms with Crippen molar-refractivity contribution in [1.82, 2.24) is 0 Å². The third-order valence-corrected chi connectivity index (χ3v) is 3.47. The number of esters is 1. The lowest BCUT2D eigenvalue weighted by atomic mass is 9.95. The van der Waals surface area contributed by atoms with Crippen molar-refractivity contribution in [3.05, 3.63) is 59.9 Å². The van der Waals surface area contributed by atoms with Crippen LogP contribution in [-0.4, -0.2) is 16.7 Å². The predicted octanol–water partition coefficient (Wildman–Crippen LogP) is 4.87. The summed E-state index contributed by atoms with van der Waals surface area (Å²) >= 11 is 0. The van der Waals surface area contributed by atoms with Crippen LogP contribution in [0.4, 0.5) is 0 Å². The van der Waals surface area contributed by atoms with Crippen LogP contribution in [0.2, 0.25) is 0 Å². The molecule has 0 aliphatic heterocycles. The lowest BCUT2D eigenvalue weighted by Crippen LogP contribution is -2.18. The fraction of sp³-hybridized carbons (Fsp3) is 0.450. The van der Waals surface area contributed by atoms with Crippen LogP contribution in [0.15, 0.2) is 59.9 Å². The van der Waals surface area contributed by atoms with Gasteiger partial charge in [-0.1, -0.05) is 42.0 Å². The molecular weight excluding hydrogens is 288 g/mol. The number of hydrogen-bond donors (Lipinski definition) is 1. The van der Waals surface area contributed by atoms with Gasteiger partial charge in [0.1, 0.15) is 5.76 Å². The van der Waals surface area contributed by atoms with Crippen molar-refractivity contribution < 1.29 is 14.6 Å². The molecule has 0 aliphatic rings. The average molecular weight is 318 g/mol. The second-order valence-corrected chi connectivity index (χ2v) is 6.09. The summed E-state index contributed by atoms with van der Waals surface area (Å²) in [5.74, 6) is -0.0241. The molecule has 3 nitrogen and oxygen atoms in total. The van der Waals surface area contributed by atoms with Crippen molar-refractivity contribution in [3.8, 4) is 0 Å². The molecule has 0 saturated carbocycles. The van der Waals surface area contributed by atoms with E-state index in [2.05, 4.69) is 6.58 Å². The summed E-state index contributed by atoms with van der Waals surface area (Å²) in [6.45, 7) is 14.7. The van der Waals surface area contributed by atoms with E-state index in [1.807, 2.05) is 39.8 Å². The van der Waals surface area contributed by atoms with Crippen molar-refractivity contribution in [2.24, 2.45) is 5.92 Å². The van der Waals surface area contributed by atoms with Gasteiger partial charge in [-0.05, 0) is 60.1 Å². The van der Waals surface area contributed by atoms with E-state index in [9.17, 15) is 9.90 Å². The molecule has 0 heterocycles. The summed E-state index contributed by atoms with van der Waals surface area (Å²) in [7, 11) is 0. The number of carbonyl (C=O) groups is 1. The molecule has 128 valence electrons. The predicted molar refractivity (Wildman–Crippen MR) is 96.8 cm³/mol. The standard InChI is InChI=1S/C20H30O3/c1-8-17(6)23-19(21)18(13-12-15(3)4)16(5)11-10-14-20(7,22)9-2/h8-12,14,18,22H,2,13H2,1,3-7H3/b14-10+,16-11+,17-8-/t18-,20-/m0/s1. The van der Waals surface area contributed by atoms with Crippen LogP contribution in [0.3, 0.4) is 0 Å². The molecule has 0 unspecified atom stereocenters. The average Bonchev–Trinajstić information content (AvgIpc) is 2.46. The summed E-state index contributed by atoms with van der Waals surface area (Å²) < 4.78 is 5.35. The first-order valence-corrected chi connectivity index (χ1v) is 7.83. The zero-order chi connectivity index (χ0) is 18.0. The van der Waals surface area contributed by atoms with Crippen LogP contribution in [0.25, 0.3) is 0 Å². The van der Waals surface area contributed by atoms with Crippen LogP contribution in [-0.2, 0) is 9.53 Å². The Labute approximate surface area is 140 Å². The lowest BCUT2D eigenvalue weighted by Gasteiger charge is -2.16.